The van der Waals surface area contributed by atoms with E-state index in [0.717, 1.165) is 7.11 Å². The number of likely N-dealkylation sites (tertiary alicyclic amines) is 1. The summed E-state index contributed by atoms with van der Waals surface area (Å²) in [6.45, 7) is 0. The Hall–Kier alpha value is -1.65. The molecule has 2 atom stereocenters. The first kappa shape index (κ1) is 9.89. The van der Waals surface area contributed by atoms with Gasteiger partial charge >= 0.3 is 6.09 Å². The molecule has 0 radical (unpaired) electrons. The first-order valence-corrected chi connectivity index (χ1v) is 4.77. The van der Waals surface area contributed by atoms with Gasteiger partial charge in [0.05, 0.1) is 18.9 Å². The average molecular weight is 209 g/mol. The summed E-state index contributed by atoms with van der Waals surface area (Å²) in [7, 11) is 1.16. The molecule has 2 aliphatic rings. The summed E-state index contributed by atoms with van der Waals surface area (Å²) in [5.41, 5.74) is 0. The summed E-state index contributed by atoms with van der Waals surface area (Å²) < 4.78 is 4.41. The number of methoxy groups -OCH3 is 1. The van der Waals surface area contributed by atoms with Crippen LogP contribution in [0.25, 0.3) is 0 Å². The van der Waals surface area contributed by atoms with Crippen LogP contribution in [-0.2, 0) is 14.3 Å². The van der Waals surface area contributed by atoms with Gasteiger partial charge in [0.25, 0.3) is 0 Å². The smallest absolute Gasteiger partial charge is 0.423 e. The Kier molecular flexibility index (Phi) is 2.30. The van der Waals surface area contributed by atoms with Crippen LogP contribution in [0.5, 0.6) is 0 Å². The van der Waals surface area contributed by atoms with Crippen molar-refractivity contribution in [1.29, 1.82) is 0 Å². The van der Waals surface area contributed by atoms with Crippen molar-refractivity contribution in [2.45, 2.75) is 12.8 Å². The van der Waals surface area contributed by atoms with Gasteiger partial charge in [0.15, 0.2) is 0 Å². The molecule has 0 aromatic rings. The fourth-order valence-corrected chi connectivity index (χ4v) is 2.07. The molecule has 1 fully saturated rings. The van der Waals surface area contributed by atoms with Gasteiger partial charge in [-0.15, -0.1) is 0 Å². The predicted molar refractivity (Wildman–Crippen MR) is 49.6 cm³/mol. The third-order valence-electron chi connectivity index (χ3n) is 2.86. The van der Waals surface area contributed by atoms with Crippen LogP contribution in [0, 0.1) is 11.8 Å². The standard InChI is InChI=1S/C10H11NO4/c1-15-10(14)11-8(12)6-4-2-3-5-7(6)9(11)13/h2-3,6-7H,4-5H2,1H3. The highest BCUT2D eigenvalue weighted by Crippen LogP contribution is 2.35. The number of imide groups is 3. The number of hydrogen-bond donors (Lipinski definition) is 0. The van der Waals surface area contributed by atoms with Crippen molar-refractivity contribution in [3.05, 3.63) is 12.2 Å². The van der Waals surface area contributed by atoms with E-state index in [-0.39, 0.29) is 11.8 Å². The molecule has 3 amide bonds. The van der Waals surface area contributed by atoms with E-state index in [1.807, 2.05) is 12.2 Å². The Morgan fingerprint density at radius 3 is 2.13 bits per heavy atom. The maximum Gasteiger partial charge on any atom is 0.423 e. The molecule has 0 spiro atoms. The van der Waals surface area contributed by atoms with Gasteiger partial charge < -0.3 is 4.74 Å². The fraction of sp³-hybridized carbons (Fsp3) is 0.500. The monoisotopic (exact) mass is 209 g/mol. The van der Waals surface area contributed by atoms with Crippen LogP contribution in [-0.4, -0.2) is 29.9 Å². The van der Waals surface area contributed by atoms with Gasteiger partial charge in [-0.2, -0.15) is 4.90 Å². The van der Waals surface area contributed by atoms with Crippen LogP contribution in [0.4, 0.5) is 4.79 Å². The SMILES string of the molecule is COC(=O)N1C(=O)C2CC=CCC2C1=O. The normalized spacial score (nSPS) is 29.3. The topological polar surface area (TPSA) is 63.7 Å². The molecule has 1 aliphatic carbocycles. The summed E-state index contributed by atoms with van der Waals surface area (Å²) >= 11 is 0. The Labute approximate surface area is 86.7 Å². The Morgan fingerprint density at radius 1 is 1.27 bits per heavy atom. The molecule has 1 saturated heterocycles. The lowest BCUT2D eigenvalue weighted by molar-refractivity contribution is -0.137. The van der Waals surface area contributed by atoms with Gasteiger partial charge in [-0.3, -0.25) is 9.59 Å². The van der Waals surface area contributed by atoms with Crippen molar-refractivity contribution in [1.82, 2.24) is 4.90 Å². The third-order valence-corrected chi connectivity index (χ3v) is 2.86. The van der Waals surface area contributed by atoms with Crippen molar-refractivity contribution in [3.63, 3.8) is 0 Å². The summed E-state index contributed by atoms with van der Waals surface area (Å²) in [6, 6.07) is 0. The number of allylic oxidation sites excluding steroid dienone is 2. The number of fused-ring (bicyclic) bond motifs is 1. The van der Waals surface area contributed by atoms with Crippen LogP contribution in [0.3, 0.4) is 0 Å². The van der Waals surface area contributed by atoms with Crippen molar-refractivity contribution >= 4 is 17.9 Å². The first-order chi connectivity index (χ1) is 7.16. The molecule has 0 bridgehead atoms. The van der Waals surface area contributed by atoms with E-state index in [9.17, 15) is 14.4 Å². The Balaban J connectivity index is 2.28. The van der Waals surface area contributed by atoms with E-state index in [0.29, 0.717) is 17.7 Å². The second kappa shape index (κ2) is 3.49. The second-order valence-electron chi connectivity index (χ2n) is 3.64. The molecule has 2 rings (SSSR count). The van der Waals surface area contributed by atoms with Crippen molar-refractivity contribution in [3.8, 4) is 0 Å². The number of carbonyl (C=O) groups excluding carboxylic acids is 3. The molecule has 0 N–H and O–H groups in total. The van der Waals surface area contributed by atoms with Gasteiger partial charge in [-0.05, 0) is 12.8 Å². The van der Waals surface area contributed by atoms with E-state index in [2.05, 4.69) is 4.74 Å². The molecule has 15 heavy (non-hydrogen) atoms. The number of amides is 3. The molecule has 0 aromatic heterocycles. The molecule has 1 heterocycles. The first-order valence-electron chi connectivity index (χ1n) is 4.77. The molecule has 0 aromatic carbocycles. The molecule has 5 heteroatoms. The van der Waals surface area contributed by atoms with Gasteiger partial charge in [0.2, 0.25) is 11.8 Å². The minimum Gasteiger partial charge on any atom is -0.452 e. The van der Waals surface area contributed by atoms with Crippen LogP contribution < -0.4 is 0 Å². The lowest BCUT2D eigenvalue weighted by atomic mass is 9.85. The average Bonchev–Trinajstić information content (AvgIpc) is 2.52. The second-order valence-corrected chi connectivity index (χ2v) is 3.64. The zero-order valence-corrected chi connectivity index (χ0v) is 8.30. The van der Waals surface area contributed by atoms with Crippen LogP contribution in [0.1, 0.15) is 12.8 Å². The maximum atomic E-state index is 11.7. The molecular weight excluding hydrogens is 198 g/mol. The molecule has 5 nitrogen and oxygen atoms in total. The minimum absolute atomic E-state index is 0.374. The van der Waals surface area contributed by atoms with Crippen LogP contribution in [0.2, 0.25) is 0 Å². The molecule has 1 aliphatic heterocycles. The lowest BCUT2D eigenvalue weighted by Gasteiger charge is -2.14. The molecule has 80 valence electrons. The van der Waals surface area contributed by atoms with Gasteiger partial charge in [0.1, 0.15) is 0 Å². The van der Waals surface area contributed by atoms with Crippen LogP contribution >= 0.6 is 0 Å². The highest BCUT2D eigenvalue weighted by Gasteiger charge is 2.50. The van der Waals surface area contributed by atoms with E-state index < -0.39 is 17.9 Å². The number of nitrogens with zero attached hydrogens (tertiary/aromatic N) is 1. The van der Waals surface area contributed by atoms with E-state index in [1.165, 1.54) is 0 Å². The number of hydrogen-bond acceptors (Lipinski definition) is 4. The van der Waals surface area contributed by atoms with Gasteiger partial charge in [-0.25, -0.2) is 4.79 Å². The highest BCUT2D eigenvalue weighted by atomic mass is 16.5. The zero-order chi connectivity index (χ0) is 11.0. The number of rotatable bonds is 0. The predicted octanol–water partition coefficient (Wildman–Crippen LogP) is 0.704. The molecular formula is C10H11NO4. The number of ether oxygens (including phenoxy) is 1. The molecule has 0 saturated carbocycles. The summed E-state index contributed by atoms with van der Waals surface area (Å²) in [5, 5.41) is 0. The highest BCUT2D eigenvalue weighted by molar-refractivity contribution is 6.15. The van der Waals surface area contributed by atoms with Crippen molar-refractivity contribution < 1.29 is 19.1 Å². The summed E-state index contributed by atoms with van der Waals surface area (Å²) in [6.07, 6.45) is 3.92. The Morgan fingerprint density at radius 2 is 1.73 bits per heavy atom. The van der Waals surface area contributed by atoms with Crippen molar-refractivity contribution in [2.75, 3.05) is 7.11 Å². The van der Waals surface area contributed by atoms with E-state index in [1.54, 1.807) is 0 Å². The summed E-state index contributed by atoms with van der Waals surface area (Å²) in [4.78, 5) is 35.3. The minimum atomic E-state index is -0.876. The maximum absolute atomic E-state index is 11.7. The Bertz CT molecular complexity index is 334. The quantitative estimate of drug-likeness (QED) is 0.435. The third kappa shape index (κ3) is 1.35. The van der Waals surface area contributed by atoms with Crippen molar-refractivity contribution in [2.24, 2.45) is 11.8 Å². The molecule has 2 unspecified atom stereocenters. The van der Waals surface area contributed by atoms with Gasteiger partial charge in [0, 0.05) is 0 Å². The van der Waals surface area contributed by atoms with E-state index in [4.69, 9.17) is 0 Å². The largest absolute Gasteiger partial charge is 0.452 e. The zero-order valence-electron chi connectivity index (χ0n) is 8.30. The van der Waals surface area contributed by atoms with Gasteiger partial charge in [-0.1, -0.05) is 12.2 Å². The van der Waals surface area contributed by atoms with E-state index >= 15 is 0 Å². The van der Waals surface area contributed by atoms with Crippen LogP contribution in [0.15, 0.2) is 12.2 Å². The summed E-state index contributed by atoms with van der Waals surface area (Å²) in [5.74, 6) is -1.61. The number of carbonyl (C=O) groups is 3. The fourth-order valence-electron chi connectivity index (χ4n) is 2.07. The lowest BCUT2D eigenvalue weighted by Crippen LogP contribution is -2.37.